The maximum absolute atomic E-state index is 13.5. The van der Waals surface area contributed by atoms with Crippen LogP contribution in [-0.4, -0.2) is 27.3 Å². The van der Waals surface area contributed by atoms with E-state index in [1.165, 1.54) is 12.1 Å². The number of ether oxygens (including phenoxy) is 2. The largest absolute Gasteiger partial charge is 0.515 e. The third kappa shape index (κ3) is 3.60. The van der Waals surface area contributed by atoms with Crippen molar-refractivity contribution in [2.45, 2.75) is 27.3 Å². The van der Waals surface area contributed by atoms with Crippen molar-refractivity contribution >= 4 is 17.1 Å². The van der Waals surface area contributed by atoms with E-state index < -0.39 is 6.16 Å². The highest BCUT2D eigenvalue weighted by atomic mass is 19.1. The van der Waals surface area contributed by atoms with Crippen molar-refractivity contribution in [3.05, 3.63) is 53.4 Å². The quantitative estimate of drug-likeness (QED) is 0.675. The first-order valence-corrected chi connectivity index (χ1v) is 7.90. The van der Waals surface area contributed by atoms with Crippen LogP contribution in [0.2, 0.25) is 0 Å². The Kier molecular flexibility index (Phi) is 4.65. The first kappa shape index (κ1) is 16.9. The van der Waals surface area contributed by atoms with Crippen molar-refractivity contribution in [2.75, 3.05) is 6.61 Å². The van der Waals surface area contributed by atoms with E-state index in [2.05, 4.69) is 9.97 Å². The average Bonchev–Trinajstić information content (AvgIpc) is 2.86. The van der Waals surface area contributed by atoms with E-state index in [1.54, 1.807) is 29.8 Å². The summed E-state index contributed by atoms with van der Waals surface area (Å²) >= 11 is 0. The van der Waals surface area contributed by atoms with Gasteiger partial charge in [-0.25, -0.2) is 9.18 Å². The van der Waals surface area contributed by atoms with Gasteiger partial charge in [0, 0.05) is 17.6 Å². The SMILES string of the molecule is CCOC(=O)Oc1cc2cc(F)ccc2n1Cc1ncc(C)nc1C. The third-order valence-electron chi connectivity index (χ3n) is 3.75. The van der Waals surface area contributed by atoms with Gasteiger partial charge in [-0.15, -0.1) is 0 Å². The predicted octanol–water partition coefficient (Wildman–Crippen LogP) is 3.77. The van der Waals surface area contributed by atoms with Crippen molar-refractivity contribution in [3.63, 3.8) is 0 Å². The summed E-state index contributed by atoms with van der Waals surface area (Å²) in [6, 6.07) is 5.99. The molecule has 0 amide bonds. The van der Waals surface area contributed by atoms with Gasteiger partial charge in [-0.05, 0) is 39.0 Å². The second kappa shape index (κ2) is 6.88. The number of aryl methyl sites for hydroxylation is 2. The molecule has 2 heterocycles. The van der Waals surface area contributed by atoms with Crippen LogP contribution in [0.5, 0.6) is 5.88 Å². The number of benzene rings is 1. The molecule has 6 nitrogen and oxygen atoms in total. The highest BCUT2D eigenvalue weighted by Gasteiger charge is 2.16. The van der Waals surface area contributed by atoms with Crippen molar-refractivity contribution in [1.82, 2.24) is 14.5 Å². The number of carbonyl (C=O) groups is 1. The molecule has 2 aromatic heterocycles. The topological polar surface area (TPSA) is 66.2 Å². The highest BCUT2D eigenvalue weighted by molar-refractivity contribution is 5.83. The van der Waals surface area contributed by atoms with Gasteiger partial charge in [0.25, 0.3) is 0 Å². The predicted molar refractivity (Wildman–Crippen MR) is 90.2 cm³/mol. The second-order valence-electron chi connectivity index (χ2n) is 5.60. The summed E-state index contributed by atoms with van der Waals surface area (Å²) < 4.78 is 25.4. The van der Waals surface area contributed by atoms with Crippen LogP contribution in [0.15, 0.2) is 30.5 Å². The zero-order valence-electron chi connectivity index (χ0n) is 14.2. The van der Waals surface area contributed by atoms with Gasteiger partial charge in [-0.3, -0.25) is 9.97 Å². The average molecular weight is 343 g/mol. The maximum Gasteiger partial charge on any atom is 0.515 e. The molecule has 0 fully saturated rings. The number of nitrogens with zero attached hydrogens (tertiary/aromatic N) is 3. The molecule has 3 aromatic rings. The van der Waals surface area contributed by atoms with Gasteiger partial charge in [0.2, 0.25) is 5.88 Å². The molecule has 7 heteroatoms. The lowest BCUT2D eigenvalue weighted by atomic mass is 10.2. The summed E-state index contributed by atoms with van der Waals surface area (Å²) in [5.74, 6) is -0.0977. The Hall–Kier alpha value is -2.96. The Morgan fingerprint density at radius 3 is 2.80 bits per heavy atom. The zero-order valence-corrected chi connectivity index (χ0v) is 14.2. The molecular formula is C18H18FN3O3. The van der Waals surface area contributed by atoms with E-state index in [0.29, 0.717) is 11.9 Å². The third-order valence-corrected chi connectivity index (χ3v) is 3.75. The van der Waals surface area contributed by atoms with Gasteiger partial charge in [0.05, 0.1) is 35.8 Å². The van der Waals surface area contributed by atoms with Crippen LogP contribution in [0, 0.1) is 19.7 Å². The molecule has 0 spiro atoms. The fourth-order valence-corrected chi connectivity index (χ4v) is 2.62. The van der Waals surface area contributed by atoms with Crippen molar-refractivity contribution in [1.29, 1.82) is 0 Å². The first-order chi connectivity index (χ1) is 12.0. The molecule has 0 bridgehead atoms. The number of aromatic nitrogens is 3. The van der Waals surface area contributed by atoms with Crippen LogP contribution in [0.25, 0.3) is 10.9 Å². The summed E-state index contributed by atoms with van der Waals surface area (Å²) in [7, 11) is 0. The maximum atomic E-state index is 13.5. The van der Waals surface area contributed by atoms with E-state index in [-0.39, 0.29) is 18.3 Å². The molecule has 0 unspecified atom stereocenters. The van der Waals surface area contributed by atoms with Gasteiger partial charge >= 0.3 is 6.16 Å². The summed E-state index contributed by atoms with van der Waals surface area (Å²) in [4.78, 5) is 20.5. The summed E-state index contributed by atoms with van der Waals surface area (Å²) in [6.07, 6.45) is 0.873. The van der Waals surface area contributed by atoms with Crippen molar-refractivity contribution in [3.8, 4) is 5.88 Å². The lowest BCUT2D eigenvalue weighted by molar-refractivity contribution is 0.101. The first-order valence-electron chi connectivity index (χ1n) is 7.90. The molecule has 3 rings (SSSR count). The van der Waals surface area contributed by atoms with Crippen molar-refractivity contribution < 1.29 is 18.7 Å². The van der Waals surface area contributed by atoms with Gasteiger partial charge in [0.1, 0.15) is 5.82 Å². The normalized spacial score (nSPS) is 10.9. The van der Waals surface area contributed by atoms with Crippen LogP contribution >= 0.6 is 0 Å². The Morgan fingerprint density at radius 1 is 1.28 bits per heavy atom. The molecule has 25 heavy (non-hydrogen) atoms. The Bertz CT molecular complexity index is 937. The van der Waals surface area contributed by atoms with E-state index in [4.69, 9.17) is 9.47 Å². The lowest BCUT2D eigenvalue weighted by Gasteiger charge is -2.12. The molecule has 0 radical (unpaired) electrons. The Morgan fingerprint density at radius 2 is 2.08 bits per heavy atom. The molecule has 0 aliphatic heterocycles. The van der Waals surface area contributed by atoms with E-state index in [0.717, 1.165) is 22.6 Å². The number of rotatable bonds is 4. The molecule has 0 aliphatic rings. The minimum atomic E-state index is -0.807. The fraction of sp³-hybridized carbons (Fsp3) is 0.278. The van der Waals surface area contributed by atoms with Crippen molar-refractivity contribution in [2.24, 2.45) is 0 Å². The van der Waals surface area contributed by atoms with Crippen LogP contribution in [-0.2, 0) is 11.3 Å². The molecule has 0 aliphatic carbocycles. The molecule has 0 N–H and O–H groups in total. The van der Waals surface area contributed by atoms with Gasteiger partial charge < -0.3 is 14.0 Å². The second-order valence-corrected chi connectivity index (χ2v) is 5.60. The molecule has 0 atom stereocenters. The van der Waals surface area contributed by atoms with E-state index in [9.17, 15) is 9.18 Å². The number of halogens is 1. The van der Waals surface area contributed by atoms with Crippen LogP contribution in [0.4, 0.5) is 9.18 Å². The zero-order chi connectivity index (χ0) is 18.0. The highest BCUT2D eigenvalue weighted by Crippen LogP contribution is 2.28. The summed E-state index contributed by atoms with van der Waals surface area (Å²) in [6.45, 7) is 5.97. The minimum absolute atomic E-state index is 0.205. The van der Waals surface area contributed by atoms with E-state index in [1.807, 2.05) is 13.8 Å². The monoisotopic (exact) mass is 343 g/mol. The molecule has 0 saturated heterocycles. The molecular weight excluding hydrogens is 325 g/mol. The van der Waals surface area contributed by atoms with Crippen LogP contribution in [0.1, 0.15) is 24.0 Å². The summed E-state index contributed by atoms with van der Waals surface area (Å²) in [5, 5.41) is 0.622. The number of carbonyl (C=O) groups excluding carboxylic acids is 1. The Balaban J connectivity index is 2.05. The smallest absolute Gasteiger partial charge is 0.434 e. The van der Waals surface area contributed by atoms with Crippen LogP contribution in [0.3, 0.4) is 0 Å². The standard InChI is InChI=1S/C18H18FN3O3/c1-4-24-18(23)25-17-8-13-7-14(19)5-6-16(13)22(17)10-15-12(3)21-11(2)9-20-15/h5-9H,4,10H2,1-3H3. The molecule has 130 valence electrons. The molecule has 0 saturated carbocycles. The van der Waals surface area contributed by atoms with Gasteiger partial charge in [-0.1, -0.05) is 0 Å². The number of hydrogen-bond acceptors (Lipinski definition) is 5. The molecule has 1 aromatic carbocycles. The lowest BCUT2D eigenvalue weighted by Crippen LogP contribution is -2.14. The summed E-state index contributed by atoms with van der Waals surface area (Å²) in [5.41, 5.74) is 3.07. The fourth-order valence-electron chi connectivity index (χ4n) is 2.62. The van der Waals surface area contributed by atoms with Crippen LogP contribution < -0.4 is 4.74 Å². The van der Waals surface area contributed by atoms with E-state index >= 15 is 0 Å². The number of hydrogen-bond donors (Lipinski definition) is 0. The minimum Gasteiger partial charge on any atom is -0.434 e. The van der Waals surface area contributed by atoms with Gasteiger partial charge in [0.15, 0.2) is 0 Å². The number of fused-ring (bicyclic) bond motifs is 1. The Labute approximate surface area is 144 Å². The van der Waals surface area contributed by atoms with Gasteiger partial charge in [-0.2, -0.15) is 0 Å².